The second-order valence-corrected chi connectivity index (χ2v) is 6.87. The molecule has 1 aliphatic rings. The van der Waals surface area contributed by atoms with Crippen LogP contribution >= 0.6 is 27.7 Å². The van der Waals surface area contributed by atoms with Crippen LogP contribution in [0.1, 0.15) is 20.3 Å². The summed E-state index contributed by atoms with van der Waals surface area (Å²) >= 11 is 5.24. The van der Waals surface area contributed by atoms with Crippen LogP contribution in [0.25, 0.3) is 0 Å². The monoisotopic (exact) mass is 342 g/mol. The summed E-state index contributed by atoms with van der Waals surface area (Å²) in [4.78, 5) is 4.72. The van der Waals surface area contributed by atoms with Gasteiger partial charge in [-0.2, -0.15) is 0 Å². The molecule has 1 N–H and O–H groups in total. The number of rotatable bonds is 4. The van der Waals surface area contributed by atoms with Crippen LogP contribution in [0.5, 0.6) is 5.75 Å². The Morgan fingerprint density at radius 3 is 3.00 bits per heavy atom. The van der Waals surface area contributed by atoms with Crippen LogP contribution < -0.4 is 10.1 Å². The lowest BCUT2D eigenvalue weighted by Crippen LogP contribution is -2.08. The molecule has 0 radical (unpaired) electrons. The topological polar surface area (TPSA) is 33.6 Å². The molecule has 1 unspecified atom stereocenters. The smallest absolute Gasteiger partial charge is 0.161 e. The second kappa shape index (κ2) is 6.66. The molecule has 1 heterocycles. The Labute approximate surface area is 127 Å². The first kappa shape index (κ1) is 14.7. The van der Waals surface area contributed by atoms with E-state index in [1.165, 1.54) is 0 Å². The van der Waals surface area contributed by atoms with E-state index in [1.807, 2.05) is 18.2 Å². The molecule has 0 spiro atoms. The van der Waals surface area contributed by atoms with Gasteiger partial charge < -0.3 is 10.1 Å². The van der Waals surface area contributed by atoms with Crippen LogP contribution in [0.2, 0.25) is 0 Å². The summed E-state index contributed by atoms with van der Waals surface area (Å²) in [6, 6.07) is 6.42. The molecule has 19 heavy (non-hydrogen) atoms. The van der Waals surface area contributed by atoms with E-state index in [0.717, 1.165) is 33.3 Å². The van der Waals surface area contributed by atoms with Crippen LogP contribution in [0, 0.1) is 5.92 Å². The number of methoxy groups -OCH3 is 1. The van der Waals surface area contributed by atoms with Crippen molar-refractivity contribution in [3.8, 4) is 5.75 Å². The van der Waals surface area contributed by atoms with Gasteiger partial charge in [0.2, 0.25) is 0 Å². The summed E-state index contributed by atoms with van der Waals surface area (Å²) in [5.41, 5.74) is 1.01. The number of hydrogen-bond donors (Lipinski definition) is 1. The van der Waals surface area contributed by atoms with Gasteiger partial charge in [0, 0.05) is 17.5 Å². The van der Waals surface area contributed by atoms with Crippen molar-refractivity contribution in [1.82, 2.24) is 0 Å². The fourth-order valence-electron chi connectivity index (χ4n) is 2.01. The minimum absolute atomic E-state index is 0.449. The fourth-order valence-corrected chi connectivity index (χ4v) is 3.39. The molecule has 1 atom stereocenters. The predicted molar refractivity (Wildman–Crippen MR) is 87.5 cm³/mol. The van der Waals surface area contributed by atoms with Gasteiger partial charge in [0.15, 0.2) is 5.17 Å². The van der Waals surface area contributed by atoms with Crippen molar-refractivity contribution in [1.29, 1.82) is 0 Å². The number of thioether (sulfide) groups is 1. The number of nitrogens with zero attached hydrogens (tertiary/aromatic N) is 1. The Bertz CT molecular complexity index is 477. The highest BCUT2D eigenvalue weighted by Gasteiger charge is 2.19. The van der Waals surface area contributed by atoms with E-state index in [0.29, 0.717) is 12.0 Å². The van der Waals surface area contributed by atoms with Gasteiger partial charge in [-0.05, 0) is 40.4 Å². The summed E-state index contributed by atoms with van der Waals surface area (Å²) in [5, 5.41) is 4.37. The van der Waals surface area contributed by atoms with E-state index in [2.05, 4.69) is 35.1 Å². The van der Waals surface area contributed by atoms with Crippen molar-refractivity contribution in [3.63, 3.8) is 0 Å². The number of benzene rings is 1. The summed E-state index contributed by atoms with van der Waals surface area (Å²) in [6.07, 6.45) is 1.15. The van der Waals surface area contributed by atoms with Crippen molar-refractivity contribution in [3.05, 3.63) is 22.7 Å². The molecule has 5 heteroatoms. The number of hydrogen-bond acceptors (Lipinski definition) is 4. The lowest BCUT2D eigenvalue weighted by Gasteiger charge is -2.09. The molecular weight excluding hydrogens is 324 g/mol. The highest BCUT2D eigenvalue weighted by atomic mass is 79.9. The van der Waals surface area contributed by atoms with Crippen LogP contribution in [0.4, 0.5) is 5.69 Å². The van der Waals surface area contributed by atoms with Gasteiger partial charge in [-0.25, -0.2) is 0 Å². The van der Waals surface area contributed by atoms with Crippen molar-refractivity contribution < 1.29 is 4.74 Å². The maximum atomic E-state index is 5.29. The van der Waals surface area contributed by atoms with Crippen LogP contribution in [-0.4, -0.2) is 24.1 Å². The molecule has 0 aromatic heterocycles. The summed E-state index contributed by atoms with van der Waals surface area (Å²) in [6.45, 7) is 4.48. The SMILES string of the molecule is COc1cc(NC2=NC(CC(C)C)CS2)ccc1Br. The zero-order chi connectivity index (χ0) is 13.8. The molecule has 1 aromatic rings. The number of aliphatic imine (C=N–C) groups is 1. The van der Waals surface area contributed by atoms with Gasteiger partial charge >= 0.3 is 0 Å². The van der Waals surface area contributed by atoms with Gasteiger partial charge in [-0.1, -0.05) is 25.6 Å². The van der Waals surface area contributed by atoms with Crippen molar-refractivity contribution in [2.45, 2.75) is 26.3 Å². The van der Waals surface area contributed by atoms with Gasteiger partial charge in [0.05, 0.1) is 17.6 Å². The maximum absolute atomic E-state index is 5.29. The Morgan fingerprint density at radius 2 is 2.32 bits per heavy atom. The minimum Gasteiger partial charge on any atom is -0.495 e. The molecule has 0 saturated heterocycles. The molecule has 0 aliphatic carbocycles. The molecule has 3 nitrogen and oxygen atoms in total. The largest absolute Gasteiger partial charge is 0.495 e. The molecule has 1 aliphatic heterocycles. The lowest BCUT2D eigenvalue weighted by atomic mass is 10.1. The summed E-state index contributed by atoms with van der Waals surface area (Å²) < 4.78 is 6.25. The minimum atomic E-state index is 0.449. The van der Waals surface area contributed by atoms with Gasteiger partial charge in [0.1, 0.15) is 5.75 Å². The zero-order valence-electron chi connectivity index (χ0n) is 11.4. The summed E-state index contributed by atoms with van der Waals surface area (Å²) in [5.74, 6) is 2.60. The molecule has 2 rings (SSSR count). The Morgan fingerprint density at radius 1 is 1.53 bits per heavy atom. The first-order valence-corrected chi connectivity index (χ1v) is 8.17. The predicted octanol–water partition coefficient (Wildman–Crippen LogP) is 4.39. The third-order valence-corrected chi connectivity index (χ3v) is 4.55. The third kappa shape index (κ3) is 4.14. The standard InChI is InChI=1S/C14H19BrN2OS/c1-9(2)6-11-8-19-14(17-11)16-10-4-5-12(15)13(7-10)18-3/h4-5,7,9,11H,6,8H2,1-3H3,(H,16,17). The molecule has 1 aromatic carbocycles. The number of ether oxygens (including phenoxy) is 1. The molecular formula is C14H19BrN2OS. The van der Waals surface area contributed by atoms with Crippen molar-refractivity contribution in [2.75, 3.05) is 18.2 Å². The number of nitrogens with one attached hydrogen (secondary N) is 1. The Balaban J connectivity index is 2.02. The number of anilines is 1. The van der Waals surface area contributed by atoms with E-state index >= 15 is 0 Å². The zero-order valence-corrected chi connectivity index (χ0v) is 13.8. The Kier molecular flexibility index (Phi) is 5.16. The van der Waals surface area contributed by atoms with Crippen LogP contribution in [-0.2, 0) is 0 Å². The second-order valence-electron chi connectivity index (χ2n) is 5.00. The molecule has 0 bridgehead atoms. The van der Waals surface area contributed by atoms with Gasteiger partial charge in [-0.15, -0.1) is 0 Å². The van der Waals surface area contributed by atoms with E-state index in [-0.39, 0.29) is 0 Å². The fraction of sp³-hybridized carbons (Fsp3) is 0.500. The molecule has 104 valence electrons. The average Bonchev–Trinajstić information content (AvgIpc) is 2.78. The summed E-state index contributed by atoms with van der Waals surface area (Å²) in [7, 11) is 1.67. The highest BCUT2D eigenvalue weighted by Crippen LogP contribution is 2.29. The van der Waals surface area contributed by atoms with Crippen LogP contribution in [0.3, 0.4) is 0 Å². The Hall–Kier alpha value is -0.680. The number of halogens is 1. The molecule has 0 fully saturated rings. The van der Waals surface area contributed by atoms with Crippen molar-refractivity contribution in [2.24, 2.45) is 10.9 Å². The quantitative estimate of drug-likeness (QED) is 0.880. The van der Waals surface area contributed by atoms with E-state index in [1.54, 1.807) is 18.9 Å². The van der Waals surface area contributed by atoms with E-state index < -0.39 is 0 Å². The first-order valence-electron chi connectivity index (χ1n) is 6.39. The van der Waals surface area contributed by atoms with Crippen molar-refractivity contribution >= 4 is 38.5 Å². The van der Waals surface area contributed by atoms with E-state index in [9.17, 15) is 0 Å². The van der Waals surface area contributed by atoms with E-state index in [4.69, 9.17) is 9.73 Å². The maximum Gasteiger partial charge on any atom is 0.161 e. The third-order valence-electron chi connectivity index (χ3n) is 2.86. The molecule has 0 saturated carbocycles. The number of amidine groups is 1. The van der Waals surface area contributed by atoms with Crippen LogP contribution in [0.15, 0.2) is 27.7 Å². The van der Waals surface area contributed by atoms with Gasteiger partial charge in [-0.3, -0.25) is 4.99 Å². The average molecular weight is 343 g/mol. The lowest BCUT2D eigenvalue weighted by molar-refractivity contribution is 0.412. The first-order chi connectivity index (χ1) is 9.08. The highest BCUT2D eigenvalue weighted by molar-refractivity contribution is 9.10. The van der Waals surface area contributed by atoms with Gasteiger partial charge in [0.25, 0.3) is 0 Å². The normalized spacial score (nSPS) is 18.6. The molecule has 0 amide bonds.